The van der Waals surface area contributed by atoms with Crippen LogP contribution in [0.15, 0.2) is 6.07 Å². The molecule has 0 amide bonds. The van der Waals surface area contributed by atoms with Gasteiger partial charge in [0.05, 0.1) is 16.7 Å². The highest BCUT2D eigenvalue weighted by atomic mass is 16.6. The average molecular weight is 323 g/mol. The third-order valence-corrected chi connectivity index (χ3v) is 3.92. The lowest BCUT2D eigenvalue weighted by atomic mass is 10.1. The lowest BCUT2D eigenvalue weighted by Crippen LogP contribution is -2.06. The fourth-order valence-electron chi connectivity index (χ4n) is 2.54. The fraction of sp³-hybridized carbons (Fsp3) is 0.571. The Kier molecular flexibility index (Phi) is 4.81. The summed E-state index contributed by atoms with van der Waals surface area (Å²) in [7, 11) is 6.52. The molecule has 2 unspecified atom stereocenters. The first kappa shape index (κ1) is 17.1. The number of ether oxygens (including phenoxy) is 2. The van der Waals surface area contributed by atoms with Gasteiger partial charge >= 0.3 is 5.69 Å². The maximum Gasteiger partial charge on any atom is 0.322 e. The van der Waals surface area contributed by atoms with Crippen molar-refractivity contribution >= 4 is 5.69 Å². The van der Waals surface area contributed by atoms with Crippen molar-refractivity contribution < 1.29 is 14.4 Å². The predicted octanol–water partition coefficient (Wildman–Crippen LogP) is 2.14. The van der Waals surface area contributed by atoms with E-state index >= 15 is 0 Å². The summed E-state index contributed by atoms with van der Waals surface area (Å²) in [6.07, 6.45) is -0.635. The third kappa shape index (κ3) is 2.97. The maximum atomic E-state index is 11.6. The summed E-state index contributed by atoms with van der Waals surface area (Å²) >= 11 is 0. The van der Waals surface area contributed by atoms with Crippen LogP contribution in [0.5, 0.6) is 0 Å². The maximum absolute atomic E-state index is 11.6. The normalized spacial score (nSPS) is 14.0. The van der Waals surface area contributed by atoms with Gasteiger partial charge in [-0.2, -0.15) is 10.2 Å². The summed E-state index contributed by atoms with van der Waals surface area (Å²) in [6, 6.07) is 1.75. The SMILES string of the molecule is COC(C)c1cc(-c2nn(C)c(C(C)OC)c2[N+](=O)[O-])nn1C. The summed E-state index contributed by atoms with van der Waals surface area (Å²) in [5.74, 6) is 0. The van der Waals surface area contributed by atoms with Crippen molar-refractivity contribution in [1.29, 1.82) is 0 Å². The molecule has 0 aromatic carbocycles. The molecule has 2 atom stereocenters. The zero-order valence-electron chi connectivity index (χ0n) is 14.1. The van der Waals surface area contributed by atoms with E-state index in [2.05, 4.69) is 10.2 Å². The van der Waals surface area contributed by atoms with Gasteiger partial charge in [-0.25, -0.2) is 0 Å². The van der Waals surface area contributed by atoms with Crippen LogP contribution >= 0.6 is 0 Å². The quantitative estimate of drug-likeness (QED) is 0.597. The second kappa shape index (κ2) is 6.47. The van der Waals surface area contributed by atoms with Gasteiger partial charge in [0, 0.05) is 28.3 Å². The first-order chi connectivity index (χ1) is 10.8. The molecule has 0 spiro atoms. The highest BCUT2D eigenvalue weighted by Gasteiger charge is 2.32. The molecule has 9 heteroatoms. The van der Waals surface area contributed by atoms with Crippen LogP contribution in [0.2, 0.25) is 0 Å². The summed E-state index contributed by atoms with van der Waals surface area (Å²) in [5, 5.41) is 20.2. The highest BCUT2D eigenvalue weighted by Crippen LogP contribution is 2.36. The molecule has 0 aliphatic rings. The number of rotatable bonds is 6. The zero-order chi connectivity index (χ0) is 17.3. The Labute approximate surface area is 134 Å². The lowest BCUT2D eigenvalue weighted by molar-refractivity contribution is -0.385. The molecule has 0 N–H and O–H groups in total. The van der Waals surface area contributed by atoms with E-state index in [-0.39, 0.29) is 17.5 Å². The minimum Gasteiger partial charge on any atom is -0.375 e. The van der Waals surface area contributed by atoms with Gasteiger partial charge < -0.3 is 9.47 Å². The van der Waals surface area contributed by atoms with Crippen LogP contribution in [0.1, 0.15) is 37.4 Å². The Morgan fingerprint density at radius 2 is 1.74 bits per heavy atom. The Bertz CT molecular complexity index is 721. The molecule has 0 saturated carbocycles. The molecule has 23 heavy (non-hydrogen) atoms. The van der Waals surface area contributed by atoms with E-state index in [0.717, 1.165) is 5.69 Å². The molecule has 0 aliphatic heterocycles. The van der Waals surface area contributed by atoms with Gasteiger partial charge in [-0.15, -0.1) is 0 Å². The van der Waals surface area contributed by atoms with Crippen LogP contribution < -0.4 is 0 Å². The average Bonchev–Trinajstić information content (AvgIpc) is 3.06. The fourth-order valence-corrected chi connectivity index (χ4v) is 2.54. The van der Waals surface area contributed by atoms with E-state index in [4.69, 9.17) is 9.47 Å². The number of aromatic nitrogens is 4. The van der Waals surface area contributed by atoms with Gasteiger partial charge in [-0.3, -0.25) is 19.5 Å². The number of methoxy groups -OCH3 is 2. The van der Waals surface area contributed by atoms with Gasteiger partial charge in [0.25, 0.3) is 0 Å². The Balaban J connectivity index is 2.63. The van der Waals surface area contributed by atoms with Gasteiger partial charge in [0.1, 0.15) is 17.5 Å². The van der Waals surface area contributed by atoms with Gasteiger partial charge in [0.15, 0.2) is 5.69 Å². The molecule has 2 aromatic rings. The number of nitro groups is 1. The number of nitrogens with zero attached hydrogens (tertiary/aromatic N) is 5. The largest absolute Gasteiger partial charge is 0.375 e. The van der Waals surface area contributed by atoms with Gasteiger partial charge in [-0.05, 0) is 19.9 Å². The summed E-state index contributed by atoms with van der Waals surface area (Å²) in [5.41, 5.74) is 1.78. The molecule has 2 aromatic heterocycles. The molecule has 126 valence electrons. The molecule has 0 fully saturated rings. The van der Waals surface area contributed by atoms with Crippen LogP contribution in [-0.4, -0.2) is 38.7 Å². The first-order valence-electron chi connectivity index (χ1n) is 7.12. The second-order valence-corrected chi connectivity index (χ2v) is 5.30. The summed E-state index contributed by atoms with van der Waals surface area (Å²) in [6.45, 7) is 3.62. The van der Waals surface area contributed by atoms with Crippen molar-refractivity contribution in [3.05, 3.63) is 27.6 Å². The Morgan fingerprint density at radius 1 is 1.13 bits per heavy atom. The van der Waals surface area contributed by atoms with E-state index in [9.17, 15) is 10.1 Å². The van der Waals surface area contributed by atoms with Crippen molar-refractivity contribution in [2.75, 3.05) is 14.2 Å². The van der Waals surface area contributed by atoms with Crippen molar-refractivity contribution in [2.24, 2.45) is 14.1 Å². The summed E-state index contributed by atoms with van der Waals surface area (Å²) in [4.78, 5) is 11.1. The molecule has 2 rings (SSSR count). The molecule has 2 heterocycles. The van der Waals surface area contributed by atoms with Crippen LogP contribution in [0.3, 0.4) is 0 Å². The minimum atomic E-state index is -0.456. The van der Waals surface area contributed by atoms with Crippen LogP contribution in [0.4, 0.5) is 5.69 Å². The van der Waals surface area contributed by atoms with E-state index < -0.39 is 11.0 Å². The molecular weight excluding hydrogens is 302 g/mol. The van der Waals surface area contributed by atoms with Crippen LogP contribution in [0.25, 0.3) is 11.4 Å². The number of aryl methyl sites for hydroxylation is 2. The van der Waals surface area contributed by atoms with Crippen molar-refractivity contribution in [3.63, 3.8) is 0 Å². The molecule has 0 radical (unpaired) electrons. The third-order valence-electron chi connectivity index (χ3n) is 3.92. The number of hydrogen-bond donors (Lipinski definition) is 0. The monoisotopic (exact) mass is 323 g/mol. The second-order valence-electron chi connectivity index (χ2n) is 5.30. The van der Waals surface area contributed by atoms with Crippen LogP contribution in [0, 0.1) is 10.1 Å². The van der Waals surface area contributed by atoms with E-state index in [1.54, 1.807) is 38.9 Å². The predicted molar refractivity (Wildman–Crippen MR) is 82.9 cm³/mol. The van der Waals surface area contributed by atoms with Crippen molar-refractivity contribution in [3.8, 4) is 11.4 Å². The topological polar surface area (TPSA) is 97.2 Å². The van der Waals surface area contributed by atoms with E-state index in [1.807, 2.05) is 6.92 Å². The minimum absolute atomic E-state index is 0.0865. The van der Waals surface area contributed by atoms with E-state index in [0.29, 0.717) is 11.4 Å². The summed E-state index contributed by atoms with van der Waals surface area (Å²) < 4.78 is 13.6. The molecule has 9 nitrogen and oxygen atoms in total. The van der Waals surface area contributed by atoms with Gasteiger partial charge in [-0.1, -0.05) is 0 Å². The molecule has 0 saturated heterocycles. The Hall–Kier alpha value is -2.26. The smallest absolute Gasteiger partial charge is 0.322 e. The lowest BCUT2D eigenvalue weighted by Gasteiger charge is -2.08. The van der Waals surface area contributed by atoms with Gasteiger partial charge in [0.2, 0.25) is 0 Å². The van der Waals surface area contributed by atoms with E-state index in [1.165, 1.54) is 11.8 Å². The molecule has 0 aliphatic carbocycles. The van der Waals surface area contributed by atoms with Crippen LogP contribution in [-0.2, 0) is 23.6 Å². The molecule has 0 bridgehead atoms. The molecular formula is C14H21N5O4. The number of hydrogen-bond acceptors (Lipinski definition) is 6. The first-order valence-corrected chi connectivity index (χ1v) is 7.12. The zero-order valence-corrected chi connectivity index (χ0v) is 14.1. The highest BCUT2D eigenvalue weighted by molar-refractivity contribution is 5.69. The van der Waals surface area contributed by atoms with Crippen molar-refractivity contribution in [1.82, 2.24) is 19.6 Å². The standard InChI is InChI=1S/C14H21N5O4/c1-8(22-5)11-7-10(15-17(11)3)12-14(19(20)21)13(9(2)23-6)18(4)16-12/h7-9H,1-6H3. The van der Waals surface area contributed by atoms with Crippen molar-refractivity contribution in [2.45, 2.75) is 26.1 Å². The Morgan fingerprint density at radius 3 is 2.26 bits per heavy atom.